The Balaban J connectivity index is 3.13. The largest absolute Gasteiger partial charge is 0.466 e. The van der Waals surface area contributed by atoms with Crippen LogP contribution in [-0.2, 0) is 16.0 Å². The van der Waals surface area contributed by atoms with E-state index in [4.69, 9.17) is 21.6 Å². The number of carbonyl (C=O) groups is 2. The molecule has 0 aliphatic rings. The lowest BCUT2D eigenvalue weighted by molar-refractivity contribution is -0.142. The fourth-order valence-electron chi connectivity index (χ4n) is 1.63. The van der Waals surface area contributed by atoms with E-state index in [1.807, 2.05) is 6.07 Å². The molecule has 1 aromatic rings. The Morgan fingerprint density at radius 3 is 2.68 bits per heavy atom. The number of hydrogen-bond acceptors (Lipinski definition) is 4. The minimum absolute atomic E-state index is 0.0476. The number of esters is 1. The van der Waals surface area contributed by atoms with Gasteiger partial charge in [-0.15, -0.1) is 11.6 Å². The zero-order valence-corrected chi connectivity index (χ0v) is 11.5. The van der Waals surface area contributed by atoms with Gasteiger partial charge in [0.05, 0.1) is 30.0 Å². The molecule has 0 heterocycles. The van der Waals surface area contributed by atoms with Crippen LogP contribution in [0.5, 0.6) is 0 Å². The molecule has 0 radical (unpaired) electrons. The minimum Gasteiger partial charge on any atom is -0.466 e. The van der Waals surface area contributed by atoms with Gasteiger partial charge in [-0.25, -0.2) is 0 Å². The van der Waals surface area contributed by atoms with Gasteiger partial charge in [-0.3, -0.25) is 9.59 Å². The maximum absolute atomic E-state index is 11.9. The van der Waals surface area contributed by atoms with Crippen molar-refractivity contribution >= 4 is 23.4 Å². The molecule has 0 saturated heterocycles. The summed E-state index contributed by atoms with van der Waals surface area (Å²) in [5.41, 5.74) is 1.21. The third-order valence-electron chi connectivity index (χ3n) is 2.50. The summed E-state index contributed by atoms with van der Waals surface area (Å²) < 4.78 is 4.85. The van der Waals surface area contributed by atoms with Crippen LogP contribution in [0.15, 0.2) is 18.2 Å². The van der Waals surface area contributed by atoms with Crippen molar-refractivity contribution in [3.05, 3.63) is 34.9 Å². The van der Waals surface area contributed by atoms with Crippen LogP contribution in [0.1, 0.15) is 35.3 Å². The second-order valence-electron chi connectivity index (χ2n) is 3.95. The number of rotatable bonds is 5. The lowest BCUT2D eigenvalue weighted by atomic mass is 9.97. The predicted octanol–water partition coefficient (Wildman–Crippen LogP) is 2.47. The molecule has 0 aliphatic heterocycles. The standard InChI is InChI=1S/C14H14ClNO3/c1-3-19-13(17)7-11-6-10(8-16)4-5-12(11)14(18)9(2)15/h4-6,9H,3,7H2,1-2H3. The molecule has 0 fully saturated rings. The molecule has 4 nitrogen and oxygen atoms in total. The number of hydrogen-bond donors (Lipinski definition) is 0. The van der Waals surface area contributed by atoms with Gasteiger partial charge in [0.1, 0.15) is 0 Å². The van der Waals surface area contributed by atoms with Crippen molar-refractivity contribution in [3.8, 4) is 6.07 Å². The number of Topliss-reactive ketones (excluding diaryl/α,β-unsaturated/α-hetero) is 1. The van der Waals surface area contributed by atoms with Gasteiger partial charge in [-0.1, -0.05) is 0 Å². The van der Waals surface area contributed by atoms with E-state index in [0.29, 0.717) is 16.7 Å². The highest BCUT2D eigenvalue weighted by Gasteiger charge is 2.18. The number of carbonyl (C=O) groups excluding carboxylic acids is 2. The number of alkyl halides is 1. The van der Waals surface area contributed by atoms with E-state index in [1.165, 1.54) is 18.2 Å². The first-order valence-corrected chi connectivity index (χ1v) is 6.30. The first kappa shape index (κ1) is 15.2. The predicted molar refractivity (Wildman–Crippen MR) is 71.1 cm³/mol. The first-order chi connectivity index (χ1) is 8.99. The summed E-state index contributed by atoms with van der Waals surface area (Å²) in [4.78, 5) is 23.4. The average Bonchev–Trinajstić information content (AvgIpc) is 2.37. The molecule has 0 amide bonds. The Morgan fingerprint density at radius 1 is 1.47 bits per heavy atom. The zero-order chi connectivity index (χ0) is 14.4. The lowest BCUT2D eigenvalue weighted by Crippen LogP contribution is -2.16. The van der Waals surface area contributed by atoms with Crippen molar-refractivity contribution in [2.75, 3.05) is 6.61 Å². The zero-order valence-electron chi connectivity index (χ0n) is 10.8. The number of halogens is 1. The second-order valence-corrected chi connectivity index (χ2v) is 4.60. The van der Waals surface area contributed by atoms with E-state index in [9.17, 15) is 9.59 Å². The van der Waals surface area contributed by atoms with Crippen LogP contribution < -0.4 is 0 Å². The molecule has 0 bridgehead atoms. The topological polar surface area (TPSA) is 67.2 Å². The van der Waals surface area contributed by atoms with Gasteiger partial charge in [0.25, 0.3) is 0 Å². The van der Waals surface area contributed by atoms with Gasteiger partial charge in [0.2, 0.25) is 0 Å². The van der Waals surface area contributed by atoms with E-state index >= 15 is 0 Å². The molecular formula is C14H14ClNO3. The molecule has 5 heteroatoms. The van der Waals surface area contributed by atoms with Crippen LogP contribution in [0.25, 0.3) is 0 Å². The lowest BCUT2D eigenvalue weighted by Gasteiger charge is -2.10. The summed E-state index contributed by atoms with van der Waals surface area (Å²) in [5.74, 6) is -0.709. The smallest absolute Gasteiger partial charge is 0.310 e. The van der Waals surface area contributed by atoms with Crippen molar-refractivity contribution < 1.29 is 14.3 Å². The number of ketones is 1. The second kappa shape index (κ2) is 6.91. The summed E-state index contributed by atoms with van der Waals surface area (Å²) in [6.45, 7) is 3.54. The molecule has 0 spiro atoms. The molecule has 0 N–H and O–H groups in total. The quantitative estimate of drug-likeness (QED) is 0.472. The third kappa shape index (κ3) is 4.08. The molecule has 1 atom stereocenters. The summed E-state index contributed by atoms with van der Waals surface area (Å²) in [7, 11) is 0. The fraction of sp³-hybridized carbons (Fsp3) is 0.357. The van der Waals surface area contributed by atoms with E-state index < -0.39 is 11.3 Å². The Hall–Kier alpha value is -1.86. The molecule has 0 aromatic heterocycles. The van der Waals surface area contributed by atoms with Crippen molar-refractivity contribution in [1.82, 2.24) is 0 Å². The normalized spacial score (nSPS) is 11.5. The van der Waals surface area contributed by atoms with Crippen molar-refractivity contribution in [2.24, 2.45) is 0 Å². The van der Waals surface area contributed by atoms with Crippen molar-refractivity contribution in [3.63, 3.8) is 0 Å². The Labute approximate surface area is 116 Å². The van der Waals surface area contributed by atoms with E-state index in [-0.39, 0.29) is 18.8 Å². The van der Waals surface area contributed by atoms with Crippen LogP contribution in [0.4, 0.5) is 0 Å². The molecule has 1 unspecified atom stereocenters. The highest BCUT2D eigenvalue weighted by Crippen LogP contribution is 2.17. The van der Waals surface area contributed by atoms with E-state index in [1.54, 1.807) is 13.8 Å². The maximum Gasteiger partial charge on any atom is 0.310 e. The van der Waals surface area contributed by atoms with Gasteiger partial charge < -0.3 is 4.74 Å². The van der Waals surface area contributed by atoms with Crippen LogP contribution in [-0.4, -0.2) is 23.7 Å². The molecule has 1 aromatic carbocycles. The van der Waals surface area contributed by atoms with Crippen molar-refractivity contribution in [1.29, 1.82) is 5.26 Å². The highest BCUT2D eigenvalue weighted by molar-refractivity contribution is 6.33. The van der Waals surface area contributed by atoms with Crippen LogP contribution >= 0.6 is 11.6 Å². The number of nitriles is 1. The van der Waals surface area contributed by atoms with Gasteiger partial charge >= 0.3 is 5.97 Å². The Bertz CT molecular complexity index is 532. The summed E-state index contributed by atoms with van der Waals surface area (Å²) in [5, 5.41) is 8.17. The van der Waals surface area contributed by atoms with Crippen molar-refractivity contribution in [2.45, 2.75) is 25.6 Å². The SMILES string of the molecule is CCOC(=O)Cc1cc(C#N)ccc1C(=O)C(C)Cl. The van der Waals surface area contributed by atoms with Gasteiger partial charge in [0.15, 0.2) is 5.78 Å². The molecule has 19 heavy (non-hydrogen) atoms. The summed E-state index contributed by atoms with van der Waals surface area (Å²) in [6, 6.07) is 6.54. The molecule has 0 aliphatic carbocycles. The van der Waals surface area contributed by atoms with Gasteiger partial charge in [-0.2, -0.15) is 5.26 Å². The maximum atomic E-state index is 11.9. The highest BCUT2D eigenvalue weighted by atomic mass is 35.5. The number of ether oxygens (including phenoxy) is 1. The minimum atomic E-state index is -0.686. The van der Waals surface area contributed by atoms with Crippen LogP contribution in [0.3, 0.4) is 0 Å². The molecular weight excluding hydrogens is 266 g/mol. The monoisotopic (exact) mass is 279 g/mol. The molecule has 100 valence electrons. The average molecular weight is 280 g/mol. The van der Waals surface area contributed by atoms with Crippen LogP contribution in [0.2, 0.25) is 0 Å². The number of nitrogens with zero attached hydrogens (tertiary/aromatic N) is 1. The summed E-state index contributed by atoms with van der Waals surface area (Å²) in [6.07, 6.45) is -0.0476. The van der Waals surface area contributed by atoms with E-state index in [0.717, 1.165) is 0 Å². The molecule has 0 saturated carbocycles. The summed E-state index contributed by atoms with van der Waals surface area (Å²) >= 11 is 5.78. The third-order valence-corrected chi connectivity index (χ3v) is 2.70. The first-order valence-electron chi connectivity index (χ1n) is 5.86. The fourth-order valence-corrected chi connectivity index (χ4v) is 1.75. The Morgan fingerprint density at radius 2 is 2.16 bits per heavy atom. The Kier molecular flexibility index (Phi) is 5.53. The molecule has 1 rings (SSSR count). The van der Waals surface area contributed by atoms with Gasteiger partial charge in [-0.05, 0) is 37.6 Å². The van der Waals surface area contributed by atoms with Crippen LogP contribution in [0, 0.1) is 11.3 Å². The van der Waals surface area contributed by atoms with E-state index in [2.05, 4.69) is 0 Å². The van der Waals surface area contributed by atoms with Gasteiger partial charge in [0, 0.05) is 5.56 Å². The number of benzene rings is 1.